The zero-order valence-corrected chi connectivity index (χ0v) is 17.8. The third kappa shape index (κ3) is 3.81. The quantitative estimate of drug-likeness (QED) is 0.547. The average molecular weight is 427 g/mol. The number of rotatable bonds is 3. The second-order valence-electron chi connectivity index (χ2n) is 8.23. The van der Waals surface area contributed by atoms with Crippen molar-refractivity contribution < 1.29 is 0 Å². The van der Waals surface area contributed by atoms with Crippen molar-refractivity contribution in [2.24, 2.45) is 0 Å². The molecule has 1 aromatic heterocycles. The summed E-state index contributed by atoms with van der Waals surface area (Å²) in [4.78, 5) is 14.5. The van der Waals surface area contributed by atoms with E-state index in [4.69, 9.17) is 28.2 Å². The summed E-state index contributed by atoms with van der Waals surface area (Å²) in [7, 11) is 0. The molecule has 0 amide bonds. The molecule has 2 aromatic carbocycles. The van der Waals surface area contributed by atoms with Gasteiger partial charge in [0.05, 0.1) is 17.2 Å². The predicted molar refractivity (Wildman–Crippen MR) is 120 cm³/mol. The normalized spacial score (nSPS) is 19.3. The first-order valence-corrected chi connectivity index (χ1v) is 11.0. The molecule has 2 aliphatic rings. The molecule has 0 saturated carbocycles. The van der Waals surface area contributed by atoms with Gasteiger partial charge in [-0.25, -0.2) is 4.98 Å². The molecule has 3 heterocycles. The van der Waals surface area contributed by atoms with Gasteiger partial charge >= 0.3 is 0 Å². The van der Waals surface area contributed by atoms with E-state index in [0.717, 1.165) is 55.9 Å². The molecule has 5 rings (SSSR count). The van der Waals surface area contributed by atoms with Crippen molar-refractivity contribution in [1.29, 1.82) is 0 Å². The van der Waals surface area contributed by atoms with Crippen molar-refractivity contribution in [3.05, 3.63) is 64.3 Å². The zero-order valence-electron chi connectivity index (χ0n) is 16.3. The fourth-order valence-corrected chi connectivity index (χ4v) is 5.55. The molecule has 0 aliphatic carbocycles. The minimum atomic E-state index is 0.273. The number of hydrogen-bond acceptors (Lipinski definition) is 4. The lowest BCUT2D eigenvalue weighted by atomic mass is 9.84. The highest BCUT2D eigenvalue weighted by atomic mass is 35.5. The first-order chi connectivity index (χ1) is 14.1. The average Bonchev–Trinajstić information content (AvgIpc) is 3.09. The summed E-state index contributed by atoms with van der Waals surface area (Å²) >= 11 is 12.4. The SMILES string of the molecule is Clc1cc(Cl)cc(CN2CCCC23CCN(c2cnc4ccccc4n2)CC3)c1. The van der Waals surface area contributed by atoms with Crippen molar-refractivity contribution >= 4 is 40.1 Å². The predicted octanol–water partition coefficient (Wildman–Crippen LogP) is 5.57. The highest BCUT2D eigenvalue weighted by Gasteiger charge is 2.43. The number of halogens is 2. The van der Waals surface area contributed by atoms with Gasteiger partial charge in [0.2, 0.25) is 0 Å². The van der Waals surface area contributed by atoms with Gasteiger partial charge in [0.25, 0.3) is 0 Å². The van der Waals surface area contributed by atoms with Gasteiger partial charge in [0.1, 0.15) is 5.82 Å². The van der Waals surface area contributed by atoms with Gasteiger partial charge < -0.3 is 4.90 Å². The van der Waals surface area contributed by atoms with Gasteiger partial charge in [0.15, 0.2) is 0 Å². The monoisotopic (exact) mass is 426 g/mol. The van der Waals surface area contributed by atoms with Gasteiger partial charge in [-0.15, -0.1) is 0 Å². The van der Waals surface area contributed by atoms with Crippen molar-refractivity contribution in [2.75, 3.05) is 24.5 Å². The molecule has 1 spiro atoms. The molecular formula is C23H24Cl2N4. The van der Waals surface area contributed by atoms with E-state index in [-0.39, 0.29) is 5.54 Å². The standard InChI is InChI=1S/C23H24Cl2N4/c24-18-12-17(13-19(25)14-18)16-29-9-3-6-23(29)7-10-28(11-8-23)22-15-26-20-4-1-2-5-21(20)27-22/h1-2,4-5,12-15H,3,6-11,16H2. The molecule has 0 unspecified atom stereocenters. The van der Waals surface area contributed by atoms with E-state index in [0.29, 0.717) is 10.0 Å². The van der Waals surface area contributed by atoms with E-state index in [9.17, 15) is 0 Å². The summed E-state index contributed by atoms with van der Waals surface area (Å²) in [6, 6.07) is 13.9. The molecule has 2 fully saturated rings. The Morgan fingerprint density at radius 1 is 0.897 bits per heavy atom. The van der Waals surface area contributed by atoms with Crippen LogP contribution in [0.4, 0.5) is 5.82 Å². The number of benzene rings is 2. The van der Waals surface area contributed by atoms with Crippen LogP contribution in [0.5, 0.6) is 0 Å². The lowest BCUT2D eigenvalue weighted by Gasteiger charge is -2.45. The van der Waals surface area contributed by atoms with Crippen molar-refractivity contribution in [2.45, 2.75) is 37.8 Å². The van der Waals surface area contributed by atoms with Crippen LogP contribution in [0.15, 0.2) is 48.7 Å². The fraction of sp³-hybridized carbons (Fsp3) is 0.391. The molecule has 29 heavy (non-hydrogen) atoms. The van der Waals surface area contributed by atoms with Gasteiger partial charge in [-0.1, -0.05) is 35.3 Å². The van der Waals surface area contributed by atoms with E-state index in [1.165, 1.54) is 18.4 Å². The molecule has 4 nitrogen and oxygen atoms in total. The summed E-state index contributed by atoms with van der Waals surface area (Å²) < 4.78 is 0. The molecule has 0 N–H and O–H groups in total. The summed E-state index contributed by atoms with van der Waals surface area (Å²) in [5.41, 5.74) is 3.39. The minimum Gasteiger partial charge on any atom is -0.355 e. The summed E-state index contributed by atoms with van der Waals surface area (Å²) in [5, 5.41) is 1.43. The van der Waals surface area contributed by atoms with Crippen LogP contribution in [0.3, 0.4) is 0 Å². The largest absolute Gasteiger partial charge is 0.355 e. The number of hydrogen-bond donors (Lipinski definition) is 0. The highest BCUT2D eigenvalue weighted by molar-refractivity contribution is 6.34. The van der Waals surface area contributed by atoms with Gasteiger partial charge in [-0.05, 0) is 68.1 Å². The summed E-state index contributed by atoms with van der Waals surface area (Å²) in [6.45, 7) is 4.08. The smallest absolute Gasteiger partial charge is 0.147 e. The molecule has 150 valence electrons. The van der Waals surface area contributed by atoms with Gasteiger partial charge in [-0.3, -0.25) is 9.88 Å². The number of aromatic nitrogens is 2. The number of nitrogens with zero attached hydrogens (tertiary/aromatic N) is 4. The zero-order chi connectivity index (χ0) is 19.8. The van der Waals surface area contributed by atoms with Crippen LogP contribution in [0.25, 0.3) is 11.0 Å². The molecule has 3 aromatic rings. The van der Waals surface area contributed by atoms with E-state index in [2.05, 4.69) is 14.8 Å². The van der Waals surface area contributed by atoms with Crippen molar-refractivity contribution in [3.63, 3.8) is 0 Å². The van der Waals surface area contributed by atoms with Crippen LogP contribution in [0, 0.1) is 0 Å². The molecule has 0 atom stereocenters. The Balaban J connectivity index is 1.31. The number of likely N-dealkylation sites (tertiary alicyclic amines) is 1. The van der Waals surface area contributed by atoms with Crippen LogP contribution in [0.1, 0.15) is 31.2 Å². The number of para-hydroxylation sites is 2. The van der Waals surface area contributed by atoms with E-state index < -0.39 is 0 Å². The maximum absolute atomic E-state index is 6.22. The molecule has 0 radical (unpaired) electrons. The number of anilines is 1. The molecule has 6 heteroatoms. The first kappa shape index (κ1) is 19.1. The van der Waals surface area contributed by atoms with Gasteiger partial charge in [-0.2, -0.15) is 0 Å². The van der Waals surface area contributed by atoms with Crippen LogP contribution in [0.2, 0.25) is 10.0 Å². The fourth-order valence-electron chi connectivity index (χ4n) is 4.98. The van der Waals surface area contributed by atoms with Crippen LogP contribution < -0.4 is 4.90 Å². The van der Waals surface area contributed by atoms with E-state index in [1.807, 2.05) is 42.6 Å². The first-order valence-electron chi connectivity index (χ1n) is 10.3. The third-order valence-electron chi connectivity index (χ3n) is 6.49. The number of piperidine rings is 1. The van der Waals surface area contributed by atoms with E-state index >= 15 is 0 Å². The minimum absolute atomic E-state index is 0.273. The molecule has 0 bridgehead atoms. The van der Waals surface area contributed by atoms with Crippen molar-refractivity contribution in [3.8, 4) is 0 Å². The van der Waals surface area contributed by atoms with Crippen LogP contribution >= 0.6 is 23.2 Å². The highest BCUT2D eigenvalue weighted by Crippen LogP contribution is 2.40. The molecule has 2 aliphatic heterocycles. The Morgan fingerprint density at radius 3 is 2.38 bits per heavy atom. The molecular weight excluding hydrogens is 403 g/mol. The van der Waals surface area contributed by atoms with Gasteiger partial charge in [0, 0.05) is 35.2 Å². The second-order valence-corrected chi connectivity index (χ2v) is 9.10. The van der Waals surface area contributed by atoms with E-state index in [1.54, 1.807) is 6.07 Å². The lowest BCUT2D eigenvalue weighted by Crippen LogP contribution is -2.52. The molecule has 2 saturated heterocycles. The second kappa shape index (κ2) is 7.75. The lowest BCUT2D eigenvalue weighted by molar-refractivity contribution is 0.0996. The van der Waals surface area contributed by atoms with Crippen LogP contribution in [-0.4, -0.2) is 40.0 Å². The summed E-state index contributed by atoms with van der Waals surface area (Å²) in [6.07, 6.45) is 6.73. The Kier molecular flexibility index (Phi) is 5.10. The van der Waals surface area contributed by atoms with Crippen molar-refractivity contribution in [1.82, 2.24) is 14.9 Å². The Bertz CT molecular complexity index is 1010. The maximum Gasteiger partial charge on any atom is 0.147 e. The third-order valence-corrected chi connectivity index (χ3v) is 6.93. The van der Waals surface area contributed by atoms with Crippen LogP contribution in [-0.2, 0) is 6.54 Å². The number of fused-ring (bicyclic) bond motifs is 1. The summed E-state index contributed by atoms with van der Waals surface area (Å²) in [5.74, 6) is 0.990. The topological polar surface area (TPSA) is 32.3 Å². The maximum atomic E-state index is 6.22. The Labute approximate surface area is 181 Å². The Morgan fingerprint density at radius 2 is 1.62 bits per heavy atom. The Hall–Kier alpha value is -1.88.